The third-order valence-electron chi connectivity index (χ3n) is 5.49. The number of halogens is 1. The van der Waals surface area contributed by atoms with E-state index < -0.39 is 11.9 Å². The number of carbonyl (C=O) groups excluding carboxylic acids is 3. The number of rotatable bonds is 7. The zero-order valence-corrected chi connectivity index (χ0v) is 19.9. The predicted molar refractivity (Wildman–Crippen MR) is 136 cm³/mol. The number of phenolic OH excluding ortho intramolecular Hbond substituents is 1. The fourth-order valence-corrected chi connectivity index (χ4v) is 3.90. The third kappa shape index (κ3) is 5.39. The van der Waals surface area contributed by atoms with Gasteiger partial charge in [0.05, 0.1) is 17.7 Å². The van der Waals surface area contributed by atoms with E-state index in [-0.39, 0.29) is 33.5 Å². The summed E-state index contributed by atoms with van der Waals surface area (Å²) in [6, 6.07) is 18.3. The largest absolute Gasteiger partial charge is 0.507 e. The van der Waals surface area contributed by atoms with Crippen molar-refractivity contribution in [2.45, 2.75) is 6.54 Å². The van der Waals surface area contributed by atoms with Crippen LogP contribution in [0, 0.1) is 0 Å². The van der Waals surface area contributed by atoms with Gasteiger partial charge in [-0.1, -0.05) is 41.9 Å². The molecule has 0 radical (unpaired) electrons. The Morgan fingerprint density at radius 3 is 2.58 bits per heavy atom. The van der Waals surface area contributed by atoms with E-state index in [1.54, 1.807) is 18.2 Å². The van der Waals surface area contributed by atoms with Crippen LogP contribution >= 0.6 is 11.6 Å². The Balaban J connectivity index is 1.48. The van der Waals surface area contributed by atoms with Gasteiger partial charge in [0.1, 0.15) is 11.4 Å². The number of phenols is 1. The van der Waals surface area contributed by atoms with Gasteiger partial charge in [0.2, 0.25) is 0 Å². The Morgan fingerprint density at radius 1 is 1.03 bits per heavy atom. The first-order valence-electron chi connectivity index (χ1n) is 10.9. The lowest BCUT2D eigenvalue weighted by Crippen LogP contribution is -2.28. The Labute approximate surface area is 211 Å². The summed E-state index contributed by atoms with van der Waals surface area (Å²) in [5.41, 5.74) is 2.37. The number of para-hydroxylation sites is 1. The Kier molecular flexibility index (Phi) is 7.36. The lowest BCUT2D eigenvalue weighted by atomic mass is 10.1. The molecule has 4 N–H and O–H groups in total. The van der Waals surface area contributed by atoms with Crippen molar-refractivity contribution in [3.8, 4) is 5.75 Å². The minimum atomic E-state index is -0.809. The SMILES string of the molecule is COC(=O)C(=Cc1ccccc1O)NC(=O)c1ccc(C(=O)NCc2cccc3[nH]ccc23)cc1Cl. The molecule has 4 aromatic rings. The van der Waals surface area contributed by atoms with Crippen molar-refractivity contribution in [1.82, 2.24) is 15.6 Å². The Hall–Kier alpha value is -4.56. The van der Waals surface area contributed by atoms with Crippen LogP contribution in [0.5, 0.6) is 5.75 Å². The molecule has 0 aliphatic heterocycles. The molecule has 0 atom stereocenters. The van der Waals surface area contributed by atoms with E-state index in [0.717, 1.165) is 16.5 Å². The molecule has 0 bridgehead atoms. The van der Waals surface area contributed by atoms with Gasteiger partial charge in [0, 0.05) is 34.8 Å². The van der Waals surface area contributed by atoms with Crippen molar-refractivity contribution < 1.29 is 24.2 Å². The molecule has 4 rings (SSSR count). The molecule has 36 heavy (non-hydrogen) atoms. The highest BCUT2D eigenvalue weighted by Crippen LogP contribution is 2.22. The number of nitrogens with one attached hydrogen (secondary N) is 3. The molecule has 3 aromatic carbocycles. The molecule has 0 fully saturated rings. The summed E-state index contributed by atoms with van der Waals surface area (Å²) in [5.74, 6) is -1.92. The molecule has 182 valence electrons. The molecule has 8 nitrogen and oxygen atoms in total. The summed E-state index contributed by atoms with van der Waals surface area (Å²) in [4.78, 5) is 40.9. The summed E-state index contributed by atoms with van der Waals surface area (Å²) in [6.07, 6.45) is 3.13. The van der Waals surface area contributed by atoms with E-state index in [1.807, 2.05) is 30.5 Å². The topological polar surface area (TPSA) is 121 Å². The average molecular weight is 504 g/mol. The Bertz CT molecular complexity index is 1490. The van der Waals surface area contributed by atoms with Crippen molar-refractivity contribution in [2.24, 2.45) is 0 Å². The van der Waals surface area contributed by atoms with Gasteiger partial charge in [0.25, 0.3) is 11.8 Å². The van der Waals surface area contributed by atoms with Crippen LogP contribution in [0.4, 0.5) is 0 Å². The van der Waals surface area contributed by atoms with Gasteiger partial charge >= 0.3 is 5.97 Å². The van der Waals surface area contributed by atoms with Crippen molar-refractivity contribution >= 4 is 46.4 Å². The van der Waals surface area contributed by atoms with Crippen LogP contribution in [-0.2, 0) is 16.1 Å². The second-order valence-electron chi connectivity index (χ2n) is 7.80. The molecule has 0 unspecified atom stereocenters. The molecular weight excluding hydrogens is 482 g/mol. The fourth-order valence-electron chi connectivity index (χ4n) is 3.63. The highest BCUT2D eigenvalue weighted by molar-refractivity contribution is 6.34. The summed E-state index contributed by atoms with van der Waals surface area (Å²) < 4.78 is 4.74. The lowest BCUT2D eigenvalue weighted by molar-refractivity contribution is -0.136. The number of hydrogen-bond donors (Lipinski definition) is 4. The number of fused-ring (bicyclic) bond motifs is 1. The number of H-pyrrole nitrogens is 1. The maximum Gasteiger partial charge on any atom is 0.354 e. The van der Waals surface area contributed by atoms with Gasteiger partial charge in [-0.2, -0.15) is 0 Å². The second kappa shape index (κ2) is 10.8. The maximum atomic E-state index is 12.9. The van der Waals surface area contributed by atoms with Gasteiger partial charge in [-0.15, -0.1) is 0 Å². The second-order valence-corrected chi connectivity index (χ2v) is 8.20. The number of methoxy groups -OCH3 is 1. The van der Waals surface area contributed by atoms with E-state index in [9.17, 15) is 19.5 Å². The number of amides is 2. The summed E-state index contributed by atoms with van der Waals surface area (Å²) in [6.45, 7) is 0.313. The number of aromatic amines is 1. The van der Waals surface area contributed by atoms with E-state index in [0.29, 0.717) is 12.1 Å². The maximum absolute atomic E-state index is 12.9. The van der Waals surface area contributed by atoms with Gasteiger partial charge in [-0.25, -0.2) is 4.79 Å². The summed E-state index contributed by atoms with van der Waals surface area (Å²) in [7, 11) is 1.17. The van der Waals surface area contributed by atoms with Crippen LogP contribution < -0.4 is 10.6 Å². The van der Waals surface area contributed by atoms with Gasteiger partial charge in [-0.05, 0) is 48.0 Å². The van der Waals surface area contributed by atoms with Crippen molar-refractivity contribution in [1.29, 1.82) is 0 Å². The van der Waals surface area contributed by atoms with Crippen LogP contribution in [0.1, 0.15) is 31.8 Å². The van der Waals surface area contributed by atoms with Crippen LogP contribution in [0.3, 0.4) is 0 Å². The number of aromatic nitrogens is 1. The zero-order valence-electron chi connectivity index (χ0n) is 19.2. The number of carbonyl (C=O) groups is 3. The normalized spacial score (nSPS) is 11.2. The minimum absolute atomic E-state index is 0.0275. The Morgan fingerprint density at radius 2 is 1.83 bits per heavy atom. The quantitative estimate of drug-likeness (QED) is 0.220. The number of aromatic hydroxyl groups is 1. The van der Waals surface area contributed by atoms with Crippen molar-refractivity contribution in [3.63, 3.8) is 0 Å². The molecule has 0 aliphatic rings. The van der Waals surface area contributed by atoms with Crippen LogP contribution in [0.15, 0.2) is 78.6 Å². The highest BCUT2D eigenvalue weighted by Gasteiger charge is 2.19. The molecule has 2 amide bonds. The zero-order chi connectivity index (χ0) is 25.7. The van der Waals surface area contributed by atoms with Crippen LogP contribution in [0.2, 0.25) is 5.02 Å². The number of benzene rings is 3. The van der Waals surface area contributed by atoms with Crippen molar-refractivity contribution in [3.05, 3.63) is 106 Å². The van der Waals surface area contributed by atoms with Gasteiger partial charge < -0.3 is 25.5 Å². The number of ether oxygens (including phenoxy) is 1. The monoisotopic (exact) mass is 503 g/mol. The fraction of sp³-hybridized carbons (Fsp3) is 0.0741. The van der Waals surface area contributed by atoms with Crippen LogP contribution in [0.25, 0.3) is 17.0 Å². The first-order chi connectivity index (χ1) is 17.4. The predicted octanol–water partition coefficient (Wildman–Crippen LogP) is 4.40. The van der Waals surface area contributed by atoms with Gasteiger partial charge in [-0.3, -0.25) is 9.59 Å². The molecule has 0 spiro atoms. The molecule has 9 heteroatoms. The smallest absolute Gasteiger partial charge is 0.354 e. The highest BCUT2D eigenvalue weighted by atomic mass is 35.5. The van der Waals surface area contributed by atoms with E-state index in [4.69, 9.17) is 16.3 Å². The molecule has 0 saturated heterocycles. The van der Waals surface area contributed by atoms with E-state index >= 15 is 0 Å². The van der Waals surface area contributed by atoms with Gasteiger partial charge in [0.15, 0.2) is 0 Å². The lowest BCUT2D eigenvalue weighted by Gasteiger charge is -2.11. The van der Waals surface area contributed by atoms with Crippen molar-refractivity contribution in [2.75, 3.05) is 7.11 Å². The first kappa shape index (κ1) is 24.6. The third-order valence-corrected chi connectivity index (χ3v) is 5.80. The van der Waals surface area contributed by atoms with Crippen LogP contribution in [-0.4, -0.2) is 35.0 Å². The molecule has 0 aliphatic carbocycles. The summed E-state index contributed by atoms with van der Waals surface area (Å²) in [5, 5.41) is 16.3. The van der Waals surface area contributed by atoms with E-state index in [1.165, 1.54) is 37.5 Å². The molecule has 1 heterocycles. The molecular formula is C27H22ClN3O5. The first-order valence-corrected chi connectivity index (χ1v) is 11.3. The standard InChI is InChI=1S/C27H22ClN3O5/c1-36-27(35)23(14-16-5-2-3-8-24(16)32)31-26(34)20-10-9-17(13-21(20)28)25(33)30-15-18-6-4-7-22-19(18)11-12-29-22/h2-14,29,32H,15H2,1H3,(H,30,33)(H,31,34). The summed E-state index contributed by atoms with van der Waals surface area (Å²) >= 11 is 6.31. The number of hydrogen-bond acceptors (Lipinski definition) is 5. The van der Waals surface area contributed by atoms with E-state index in [2.05, 4.69) is 15.6 Å². The molecule has 0 saturated carbocycles. The average Bonchev–Trinajstić information content (AvgIpc) is 3.37. The molecule has 1 aromatic heterocycles. The minimum Gasteiger partial charge on any atom is -0.507 e. The number of esters is 1.